The van der Waals surface area contributed by atoms with Crippen LogP contribution < -0.4 is 5.32 Å². The number of aryl methyl sites for hydroxylation is 2. The number of benzene rings is 2. The number of carbonyl (C=O) groups is 1. The molecule has 0 saturated heterocycles. The van der Waals surface area contributed by atoms with Gasteiger partial charge in [0.05, 0.1) is 5.69 Å². The Kier molecular flexibility index (Phi) is 4.88. The van der Waals surface area contributed by atoms with Crippen molar-refractivity contribution in [2.45, 2.75) is 26.2 Å². The van der Waals surface area contributed by atoms with E-state index < -0.39 is 5.82 Å². The second-order valence-corrected chi connectivity index (χ2v) is 4.70. The van der Waals surface area contributed by atoms with Gasteiger partial charge >= 0.3 is 0 Å². The Labute approximate surface area is 118 Å². The zero-order valence-corrected chi connectivity index (χ0v) is 11.5. The minimum absolute atomic E-state index is 0.172. The van der Waals surface area contributed by atoms with Gasteiger partial charge in [-0.15, -0.1) is 0 Å². The van der Waals surface area contributed by atoms with Crippen molar-refractivity contribution < 1.29 is 9.18 Å². The summed E-state index contributed by atoms with van der Waals surface area (Å²) in [6.45, 7) is 2.11. The molecule has 0 unspecified atom stereocenters. The smallest absolute Gasteiger partial charge is 0.224 e. The molecule has 1 N–H and O–H groups in total. The molecule has 2 rings (SSSR count). The number of halogens is 1. The monoisotopic (exact) mass is 271 g/mol. The van der Waals surface area contributed by atoms with Crippen molar-refractivity contribution in [3.63, 3.8) is 0 Å². The van der Waals surface area contributed by atoms with Crippen LogP contribution in [0, 0.1) is 5.82 Å². The van der Waals surface area contributed by atoms with Crippen LogP contribution >= 0.6 is 0 Å². The minimum Gasteiger partial charge on any atom is -0.324 e. The molecule has 0 bridgehead atoms. The van der Waals surface area contributed by atoms with Gasteiger partial charge in [-0.25, -0.2) is 4.39 Å². The summed E-state index contributed by atoms with van der Waals surface area (Å²) in [5.74, 6) is -0.581. The van der Waals surface area contributed by atoms with Crippen molar-refractivity contribution in [3.8, 4) is 0 Å². The van der Waals surface area contributed by atoms with Crippen molar-refractivity contribution >= 4 is 11.6 Å². The molecule has 0 saturated carbocycles. The average Bonchev–Trinajstić information content (AvgIpc) is 2.48. The molecule has 0 heterocycles. The Morgan fingerprint density at radius 3 is 2.35 bits per heavy atom. The van der Waals surface area contributed by atoms with Gasteiger partial charge in [0.2, 0.25) is 5.91 Å². The summed E-state index contributed by atoms with van der Waals surface area (Å²) in [5, 5.41) is 2.59. The zero-order chi connectivity index (χ0) is 14.4. The first-order valence-corrected chi connectivity index (χ1v) is 6.81. The van der Waals surface area contributed by atoms with Gasteiger partial charge in [-0.3, -0.25) is 4.79 Å². The molecule has 0 aliphatic rings. The van der Waals surface area contributed by atoms with Crippen LogP contribution in [0.5, 0.6) is 0 Å². The van der Waals surface area contributed by atoms with E-state index in [-0.39, 0.29) is 11.6 Å². The van der Waals surface area contributed by atoms with Gasteiger partial charge < -0.3 is 5.32 Å². The first kappa shape index (κ1) is 14.3. The van der Waals surface area contributed by atoms with Crippen LogP contribution in [0.15, 0.2) is 48.5 Å². The Hall–Kier alpha value is -2.16. The second-order valence-electron chi connectivity index (χ2n) is 4.70. The highest BCUT2D eigenvalue weighted by Crippen LogP contribution is 2.13. The molecule has 1 amide bonds. The first-order valence-electron chi connectivity index (χ1n) is 6.81. The quantitative estimate of drug-likeness (QED) is 0.876. The molecule has 104 valence electrons. The summed E-state index contributed by atoms with van der Waals surface area (Å²) in [4.78, 5) is 11.8. The van der Waals surface area contributed by atoms with Crippen LogP contribution in [-0.4, -0.2) is 5.91 Å². The number of amides is 1. The lowest BCUT2D eigenvalue weighted by Crippen LogP contribution is -2.13. The molecule has 2 aromatic carbocycles. The van der Waals surface area contributed by atoms with E-state index in [1.807, 2.05) is 12.1 Å². The predicted molar refractivity (Wildman–Crippen MR) is 79.2 cm³/mol. The molecule has 3 heteroatoms. The van der Waals surface area contributed by atoms with Crippen molar-refractivity contribution in [2.75, 3.05) is 5.32 Å². The van der Waals surface area contributed by atoms with Crippen LogP contribution in [0.2, 0.25) is 0 Å². The molecule has 2 nitrogen and oxygen atoms in total. The maximum atomic E-state index is 13.4. The van der Waals surface area contributed by atoms with Crippen LogP contribution in [-0.2, 0) is 17.6 Å². The van der Waals surface area contributed by atoms with Crippen molar-refractivity contribution in [1.29, 1.82) is 0 Å². The van der Waals surface area contributed by atoms with Crippen molar-refractivity contribution in [1.82, 2.24) is 0 Å². The lowest BCUT2D eigenvalue weighted by Gasteiger charge is -2.06. The van der Waals surface area contributed by atoms with E-state index in [4.69, 9.17) is 0 Å². The van der Waals surface area contributed by atoms with Crippen LogP contribution in [0.1, 0.15) is 24.5 Å². The minimum atomic E-state index is -0.409. The highest BCUT2D eigenvalue weighted by molar-refractivity contribution is 5.90. The lowest BCUT2D eigenvalue weighted by atomic mass is 10.1. The molecule has 0 atom stereocenters. The fourth-order valence-corrected chi connectivity index (χ4v) is 1.97. The highest BCUT2D eigenvalue weighted by Gasteiger charge is 2.06. The van der Waals surface area contributed by atoms with Gasteiger partial charge in [-0.1, -0.05) is 43.3 Å². The van der Waals surface area contributed by atoms with Gasteiger partial charge in [0.15, 0.2) is 0 Å². The summed E-state index contributed by atoms with van der Waals surface area (Å²) in [6.07, 6.45) is 2.01. The molecule has 0 spiro atoms. The van der Waals surface area contributed by atoms with Crippen LogP contribution in [0.4, 0.5) is 10.1 Å². The van der Waals surface area contributed by atoms with Crippen molar-refractivity contribution in [3.05, 3.63) is 65.5 Å². The van der Waals surface area contributed by atoms with Crippen molar-refractivity contribution in [2.24, 2.45) is 0 Å². The average molecular weight is 271 g/mol. The second kappa shape index (κ2) is 6.85. The third-order valence-corrected chi connectivity index (χ3v) is 3.22. The summed E-state index contributed by atoms with van der Waals surface area (Å²) >= 11 is 0. The zero-order valence-electron chi connectivity index (χ0n) is 11.5. The SMILES string of the molecule is CCc1ccc(CCC(=O)Nc2ccccc2F)cc1. The highest BCUT2D eigenvalue weighted by atomic mass is 19.1. The Morgan fingerprint density at radius 2 is 1.70 bits per heavy atom. The molecule has 0 aliphatic carbocycles. The molecular formula is C17H18FNO. The molecule has 20 heavy (non-hydrogen) atoms. The third kappa shape index (κ3) is 3.92. The van der Waals surface area contributed by atoms with E-state index >= 15 is 0 Å². The largest absolute Gasteiger partial charge is 0.324 e. The Bertz CT molecular complexity index is 578. The Morgan fingerprint density at radius 1 is 1.05 bits per heavy atom. The van der Waals surface area contributed by atoms with Crippen LogP contribution in [0.25, 0.3) is 0 Å². The number of para-hydroxylation sites is 1. The maximum Gasteiger partial charge on any atom is 0.224 e. The summed E-state index contributed by atoms with van der Waals surface area (Å²) < 4.78 is 13.4. The predicted octanol–water partition coefficient (Wildman–Crippen LogP) is 3.96. The van der Waals surface area contributed by atoms with Gasteiger partial charge in [0.25, 0.3) is 0 Å². The number of anilines is 1. The molecule has 0 aromatic heterocycles. The van der Waals surface area contributed by atoms with Gasteiger partial charge in [0.1, 0.15) is 5.82 Å². The van der Waals surface area contributed by atoms with Gasteiger partial charge in [-0.2, -0.15) is 0 Å². The third-order valence-electron chi connectivity index (χ3n) is 3.22. The first-order chi connectivity index (χ1) is 9.69. The standard InChI is InChI=1S/C17H18FNO/c1-2-13-7-9-14(10-8-13)11-12-17(20)19-16-6-4-3-5-15(16)18/h3-10H,2,11-12H2,1H3,(H,19,20). The van der Waals surface area contributed by atoms with E-state index in [2.05, 4.69) is 24.4 Å². The molecule has 2 aromatic rings. The normalized spacial score (nSPS) is 10.3. The number of hydrogen-bond donors (Lipinski definition) is 1. The summed E-state index contributed by atoms with van der Waals surface area (Å²) in [5.41, 5.74) is 2.63. The van der Waals surface area contributed by atoms with Crippen LogP contribution in [0.3, 0.4) is 0 Å². The molecule has 0 radical (unpaired) electrons. The number of rotatable bonds is 5. The van der Waals surface area contributed by atoms with Gasteiger partial charge in [-0.05, 0) is 36.1 Å². The maximum absolute atomic E-state index is 13.4. The fraction of sp³-hybridized carbons (Fsp3) is 0.235. The summed E-state index contributed by atoms with van der Waals surface area (Å²) in [7, 11) is 0. The summed E-state index contributed by atoms with van der Waals surface area (Å²) in [6, 6.07) is 14.4. The molecule has 0 fully saturated rings. The van der Waals surface area contributed by atoms with E-state index in [1.54, 1.807) is 18.2 Å². The van der Waals surface area contributed by atoms with E-state index in [9.17, 15) is 9.18 Å². The molecular weight excluding hydrogens is 253 g/mol. The van der Waals surface area contributed by atoms with E-state index in [0.29, 0.717) is 12.8 Å². The number of hydrogen-bond acceptors (Lipinski definition) is 1. The number of nitrogens with one attached hydrogen (secondary N) is 1. The number of carbonyl (C=O) groups excluding carboxylic acids is 1. The van der Waals surface area contributed by atoms with Gasteiger partial charge in [0, 0.05) is 6.42 Å². The van der Waals surface area contributed by atoms with E-state index in [0.717, 1.165) is 12.0 Å². The molecule has 0 aliphatic heterocycles. The van der Waals surface area contributed by atoms with E-state index in [1.165, 1.54) is 11.6 Å². The topological polar surface area (TPSA) is 29.1 Å². The fourth-order valence-electron chi connectivity index (χ4n) is 1.97. The lowest BCUT2D eigenvalue weighted by molar-refractivity contribution is -0.116. The Balaban J connectivity index is 1.87.